The molecule has 0 unspecified atom stereocenters. The van der Waals surface area contributed by atoms with Crippen LogP contribution in [0.1, 0.15) is 5.56 Å². The number of carbonyl (C=O) groups is 1. The molecule has 0 bridgehead atoms. The molecule has 1 amide bonds. The molecule has 2 saturated heterocycles. The number of amides is 1. The number of rotatable bonds is 6. The quantitative estimate of drug-likeness (QED) is 0.662. The number of hydrogen-bond donors (Lipinski definition) is 1. The number of nitrogens with zero attached hydrogens (tertiary/aromatic N) is 6. The van der Waals surface area contributed by atoms with Gasteiger partial charge in [0, 0.05) is 70.0 Å². The number of piperazine rings is 2. The van der Waals surface area contributed by atoms with Crippen LogP contribution in [-0.4, -0.2) is 96.5 Å². The third-order valence-electron chi connectivity index (χ3n) is 5.95. The Labute approximate surface area is 193 Å². The largest absolute Gasteiger partial charge is 0.395 e. The van der Waals surface area contributed by atoms with E-state index in [4.69, 9.17) is 16.7 Å². The molecule has 0 spiro atoms. The van der Waals surface area contributed by atoms with Gasteiger partial charge >= 0.3 is 0 Å². The molecule has 170 valence electrons. The van der Waals surface area contributed by atoms with Crippen molar-refractivity contribution in [1.82, 2.24) is 20.0 Å². The van der Waals surface area contributed by atoms with Crippen LogP contribution < -0.4 is 9.80 Å². The number of carbonyl (C=O) groups excluding carboxylic acids is 1. The zero-order valence-electron chi connectivity index (χ0n) is 18.1. The number of aliphatic hydroxyl groups is 1. The minimum absolute atomic E-state index is 0.0152. The highest BCUT2D eigenvalue weighted by atomic mass is 35.5. The number of hydrogen-bond acceptors (Lipinski definition) is 7. The Hall–Kier alpha value is -2.68. The Kier molecular flexibility index (Phi) is 7.57. The molecule has 4 rings (SSSR count). The molecule has 0 radical (unpaired) electrons. The fourth-order valence-corrected chi connectivity index (χ4v) is 4.13. The lowest BCUT2D eigenvalue weighted by atomic mass is 10.2. The highest BCUT2D eigenvalue weighted by Crippen LogP contribution is 2.18. The van der Waals surface area contributed by atoms with Crippen LogP contribution in [0.3, 0.4) is 0 Å². The van der Waals surface area contributed by atoms with E-state index in [1.54, 1.807) is 6.08 Å². The maximum Gasteiger partial charge on any atom is 0.246 e. The lowest BCUT2D eigenvalue weighted by Gasteiger charge is -2.36. The summed E-state index contributed by atoms with van der Waals surface area (Å²) in [4.78, 5) is 21.0. The van der Waals surface area contributed by atoms with Gasteiger partial charge < -0.3 is 19.8 Å². The normalized spacial score (nSPS) is 17.9. The SMILES string of the molecule is O=C(/C=C/c1ccc(Cl)cc1)N1CCN(c2ccc(N3CCN(CCO)CC3)nn2)CC1. The number of β-amino-alcohol motifs (C(OH)–C–C–N with tert-alkyl or cyclic N) is 1. The van der Waals surface area contributed by atoms with Gasteiger partial charge in [0.1, 0.15) is 0 Å². The lowest BCUT2D eigenvalue weighted by Crippen LogP contribution is -2.49. The summed E-state index contributed by atoms with van der Waals surface area (Å²) in [6.45, 7) is 7.31. The van der Waals surface area contributed by atoms with Crippen LogP contribution in [0.25, 0.3) is 6.08 Å². The smallest absolute Gasteiger partial charge is 0.246 e. The Bertz CT molecular complexity index is 905. The minimum Gasteiger partial charge on any atom is -0.395 e. The van der Waals surface area contributed by atoms with E-state index >= 15 is 0 Å². The van der Waals surface area contributed by atoms with Crippen LogP contribution in [-0.2, 0) is 4.79 Å². The van der Waals surface area contributed by atoms with Gasteiger partial charge in [-0.2, -0.15) is 0 Å². The molecule has 0 atom stereocenters. The average Bonchev–Trinajstić information content (AvgIpc) is 2.84. The first-order valence-corrected chi connectivity index (χ1v) is 11.4. The van der Waals surface area contributed by atoms with Crippen molar-refractivity contribution in [1.29, 1.82) is 0 Å². The number of aromatic nitrogens is 2. The Morgan fingerprint density at radius 2 is 1.44 bits per heavy atom. The van der Waals surface area contributed by atoms with Crippen LogP contribution >= 0.6 is 11.6 Å². The molecule has 1 aromatic heterocycles. The molecule has 3 heterocycles. The first-order chi connectivity index (χ1) is 15.6. The summed E-state index contributed by atoms with van der Waals surface area (Å²) >= 11 is 5.90. The maximum absolute atomic E-state index is 12.5. The van der Waals surface area contributed by atoms with Crippen molar-refractivity contribution in [3.8, 4) is 0 Å². The third kappa shape index (κ3) is 5.76. The summed E-state index contributed by atoms with van der Waals surface area (Å²) in [5.41, 5.74) is 0.951. The minimum atomic E-state index is 0.0152. The van der Waals surface area contributed by atoms with Gasteiger partial charge in [0.05, 0.1) is 6.61 Å². The van der Waals surface area contributed by atoms with Gasteiger partial charge in [-0.1, -0.05) is 23.7 Å². The highest BCUT2D eigenvalue weighted by Gasteiger charge is 2.22. The van der Waals surface area contributed by atoms with E-state index in [2.05, 4.69) is 24.9 Å². The van der Waals surface area contributed by atoms with Crippen LogP contribution in [0.5, 0.6) is 0 Å². The van der Waals surface area contributed by atoms with Crippen molar-refractivity contribution in [2.24, 2.45) is 0 Å². The van der Waals surface area contributed by atoms with Gasteiger partial charge in [0.25, 0.3) is 0 Å². The zero-order valence-corrected chi connectivity index (χ0v) is 18.9. The molecule has 1 aromatic carbocycles. The fourth-order valence-electron chi connectivity index (χ4n) is 4.00. The van der Waals surface area contributed by atoms with Gasteiger partial charge in [-0.15, -0.1) is 10.2 Å². The van der Waals surface area contributed by atoms with E-state index in [1.165, 1.54) is 0 Å². The summed E-state index contributed by atoms with van der Waals surface area (Å²) in [5, 5.41) is 18.6. The van der Waals surface area contributed by atoms with Crippen molar-refractivity contribution in [2.45, 2.75) is 0 Å². The summed E-state index contributed by atoms with van der Waals surface area (Å²) in [6, 6.07) is 11.4. The van der Waals surface area contributed by atoms with E-state index in [0.29, 0.717) is 18.1 Å². The molecular formula is C23H29ClN6O2. The Morgan fingerprint density at radius 3 is 1.97 bits per heavy atom. The molecule has 2 aliphatic heterocycles. The molecule has 0 saturated carbocycles. The summed E-state index contributed by atoms with van der Waals surface area (Å²) in [5.74, 6) is 1.75. The molecule has 9 heteroatoms. The molecule has 2 aromatic rings. The molecule has 8 nitrogen and oxygen atoms in total. The average molecular weight is 457 g/mol. The molecule has 2 aliphatic rings. The molecule has 1 N–H and O–H groups in total. The number of benzene rings is 1. The molecular weight excluding hydrogens is 428 g/mol. The Balaban J connectivity index is 1.26. The monoisotopic (exact) mass is 456 g/mol. The van der Waals surface area contributed by atoms with Crippen molar-refractivity contribution in [2.75, 3.05) is 75.3 Å². The number of aliphatic hydroxyl groups excluding tert-OH is 1. The van der Waals surface area contributed by atoms with Gasteiger partial charge in [-0.25, -0.2) is 0 Å². The lowest BCUT2D eigenvalue weighted by molar-refractivity contribution is -0.126. The Morgan fingerprint density at radius 1 is 0.875 bits per heavy atom. The van der Waals surface area contributed by atoms with Crippen LogP contribution in [0.2, 0.25) is 5.02 Å². The van der Waals surface area contributed by atoms with E-state index < -0.39 is 0 Å². The van der Waals surface area contributed by atoms with Gasteiger partial charge in [-0.3, -0.25) is 9.69 Å². The maximum atomic E-state index is 12.5. The van der Waals surface area contributed by atoms with Crippen LogP contribution in [0.4, 0.5) is 11.6 Å². The summed E-state index contributed by atoms with van der Waals surface area (Å²) in [6.07, 6.45) is 3.44. The summed E-state index contributed by atoms with van der Waals surface area (Å²) in [7, 11) is 0. The molecule has 32 heavy (non-hydrogen) atoms. The fraction of sp³-hybridized carbons (Fsp3) is 0.435. The van der Waals surface area contributed by atoms with E-state index in [-0.39, 0.29) is 12.5 Å². The van der Waals surface area contributed by atoms with Crippen LogP contribution in [0.15, 0.2) is 42.5 Å². The predicted octanol–water partition coefficient (Wildman–Crippen LogP) is 1.61. The first kappa shape index (κ1) is 22.5. The first-order valence-electron chi connectivity index (χ1n) is 11.0. The van der Waals surface area contributed by atoms with Crippen molar-refractivity contribution < 1.29 is 9.90 Å². The molecule has 2 fully saturated rings. The van der Waals surface area contributed by atoms with Gasteiger partial charge in [0.15, 0.2) is 11.6 Å². The van der Waals surface area contributed by atoms with Crippen molar-refractivity contribution in [3.05, 3.63) is 53.1 Å². The van der Waals surface area contributed by atoms with Crippen molar-refractivity contribution >= 4 is 35.2 Å². The molecule has 0 aliphatic carbocycles. The van der Waals surface area contributed by atoms with Crippen LogP contribution in [0, 0.1) is 0 Å². The standard InChI is InChI=1S/C23H29ClN6O2/c24-20-4-1-19(2-5-20)3-8-23(32)30-15-13-29(14-16-30)22-7-6-21(25-26-22)28-11-9-27(10-12-28)17-18-31/h1-8,31H,9-18H2/b8-3+. The highest BCUT2D eigenvalue weighted by molar-refractivity contribution is 6.30. The number of anilines is 2. The second-order valence-corrected chi connectivity index (χ2v) is 8.44. The number of halogens is 1. The topological polar surface area (TPSA) is 76.0 Å². The van der Waals surface area contributed by atoms with E-state index in [0.717, 1.165) is 63.0 Å². The second kappa shape index (κ2) is 10.8. The van der Waals surface area contributed by atoms with Gasteiger partial charge in [-0.05, 0) is 35.9 Å². The summed E-state index contributed by atoms with van der Waals surface area (Å²) < 4.78 is 0. The van der Waals surface area contributed by atoms with Gasteiger partial charge in [0.2, 0.25) is 5.91 Å². The van der Waals surface area contributed by atoms with E-state index in [9.17, 15) is 4.79 Å². The van der Waals surface area contributed by atoms with Crippen molar-refractivity contribution in [3.63, 3.8) is 0 Å². The predicted molar refractivity (Wildman–Crippen MR) is 127 cm³/mol. The third-order valence-corrected chi connectivity index (χ3v) is 6.20. The van der Waals surface area contributed by atoms with E-state index in [1.807, 2.05) is 47.4 Å². The zero-order chi connectivity index (χ0) is 22.3. The second-order valence-electron chi connectivity index (χ2n) is 8.00.